The highest BCUT2D eigenvalue weighted by Crippen LogP contribution is 2.25. The SMILES string of the molecule is C[C@@H](Oc1ccc(/C=C2/C(=O)NC(=O)N(c3cccc(Cl)c3)C2=O)cc1)C(=O)O. The zero-order valence-electron chi connectivity index (χ0n) is 15.1. The highest BCUT2D eigenvalue weighted by molar-refractivity contribution is 6.39. The molecule has 1 saturated heterocycles. The lowest BCUT2D eigenvalue weighted by Crippen LogP contribution is -2.54. The number of rotatable bonds is 5. The maximum absolute atomic E-state index is 12.8. The zero-order chi connectivity index (χ0) is 21.1. The monoisotopic (exact) mass is 414 g/mol. The summed E-state index contributed by atoms with van der Waals surface area (Å²) in [6, 6.07) is 11.4. The minimum Gasteiger partial charge on any atom is -0.479 e. The Morgan fingerprint density at radius 1 is 1.17 bits per heavy atom. The van der Waals surface area contributed by atoms with Crippen LogP contribution in [0.25, 0.3) is 6.08 Å². The summed E-state index contributed by atoms with van der Waals surface area (Å²) in [4.78, 5) is 48.8. The Kier molecular flexibility index (Phi) is 5.65. The van der Waals surface area contributed by atoms with Crippen LogP contribution in [0.4, 0.5) is 10.5 Å². The first-order valence-corrected chi connectivity index (χ1v) is 8.80. The minimum absolute atomic E-state index is 0.227. The van der Waals surface area contributed by atoms with Gasteiger partial charge in [0.05, 0.1) is 5.69 Å². The Hall–Kier alpha value is -3.65. The number of nitrogens with one attached hydrogen (secondary N) is 1. The molecule has 2 N–H and O–H groups in total. The van der Waals surface area contributed by atoms with E-state index in [2.05, 4.69) is 5.32 Å². The lowest BCUT2D eigenvalue weighted by Gasteiger charge is -2.26. The molecule has 1 heterocycles. The van der Waals surface area contributed by atoms with Crippen LogP contribution >= 0.6 is 11.6 Å². The molecule has 1 aliphatic heterocycles. The normalized spacial score (nSPS) is 16.6. The molecule has 0 unspecified atom stereocenters. The zero-order valence-corrected chi connectivity index (χ0v) is 15.8. The third kappa shape index (κ3) is 4.44. The Balaban J connectivity index is 1.87. The van der Waals surface area contributed by atoms with Crippen molar-refractivity contribution in [1.82, 2.24) is 5.32 Å². The predicted octanol–water partition coefficient (Wildman–Crippen LogP) is 2.86. The van der Waals surface area contributed by atoms with Gasteiger partial charge in [-0.05, 0) is 48.9 Å². The van der Waals surface area contributed by atoms with Gasteiger partial charge in [0.25, 0.3) is 11.8 Å². The Morgan fingerprint density at radius 3 is 2.48 bits per heavy atom. The molecular formula is C20H15ClN2O6. The third-order valence-corrected chi connectivity index (χ3v) is 4.25. The Bertz CT molecular complexity index is 1030. The summed E-state index contributed by atoms with van der Waals surface area (Å²) in [5.74, 6) is -2.40. The lowest BCUT2D eigenvalue weighted by atomic mass is 10.1. The first-order chi connectivity index (χ1) is 13.8. The van der Waals surface area contributed by atoms with Crippen molar-refractivity contribution in [1.29, 1.82) is 0 Å². The number of carbonyl (C=O) groups excluding carboxylic acids is 3. The second kappa shape index (κ2) is 8.15. The number of anilines is 1. The van der Waals surface area contributed by atoms with Crippen molar-refractivity contribution in [3.05, 3.63) is 64.7 Å². The topological polar surface area (TPSA) is 113 Å². The number of ether oxygens (including phenoxy) is 1. The Labute approximate surface area is 170 Å². The molecule has 29 heavy (non-hydrogen) atoms. The standard InChI is InChI=1S/C20H15ClN2O6/c1-11(19(26)27)29-15-7-5-12(6-8-15)9-16-17(24)22-20(28)23(18(16)25)14-4-2-3-13(21)10-14/h2-11H,1H3,(H,26,27)(H,22,24,28)/b16-9-/t11-/m1/s1. The number of carboxylic acids is 1. The lowest BCUT2D eigenvalue weighted by molar-refractivity contribution is -0.144. The van der Waals surface area contributed by atoms with Gasteiger partial charge in [0.15, 0.2) is 6.10 Å². The van der Waals surface area contributed by atoms with Gasteiger partial charge in [0, 0.05) is 5.02 Å². The number of halogens is 1. The molecule has 4 amide bonds. The van der Waals surface area contributed by atoms with Gasteiger partial charge in [-0.2, -0.15) is 0 Å². The summed E-state index contributed by atoms with van der Waals surface area (Å²) in [6.07, 6.45) is 0.300. The van der Waals surface area contributed by atoms with Gasteiger partial charge < -0.3 is 9.84 Å². The smallest absolute Gasteiger partial charge is 0.344 e. The number of carboxylic acid groups (broad SMARTS) is 1. The Morgan fingerprint density at radius 2 is 1.86 bits per heavy atom. The van der Waals surface area contributed by atoms with Gasteiger partial charge in [0.1, 0.15) is 11.3 Å². The van der Waals surface area contributed by atoms with Gasteiger partial charge in [-0.3, -0.25) is 14.9 Å². The maximum atomic E-state index is 12.8. The van der Waals surface area contributed by atoms with Crippen molar-refractivity contribution >= 4 is 47.2 Å². The van der Waals surface area contributed by atoms with Crippen LogP contribution < -0.4 is 15.0 Å². The fourth-order valence-corrected chi connectivity index (χ4v) is 2.76. The average molecular weight is 415 g/mol. The predicted molar refractivity (Wildman–Crippen MR) is 105 cm³/mol. The van der Waals surface area contributed by atoms with Gasteiger partial charge >= 0.3 is 12.0 Å². The van der Waals surface area contributed by atoms with E-state index in [1.807, 2.05) is 0 Å². The number of hydrogen-bond donors (Lipinski definition) is 2. The third-order valence-electron chi connectivity index (χ3n) is 4.02. The van der Waals surface area contributed by atoms with Crippen molar-refractivity contribution in [2.45, 2.75) is 13.0 Å². The highest BCUT2D eigenvalue weighted by atomic mass is 35.5. The first kappa shape index (κ1) is 20.1. The molecule has 0 radical (unpaired) electrons. The van der Waals surface area contributed by atoms with Crippen LogP contribution in [0, 0.1) is 0 Å². The molecule has 2 aromatic carbocycles. The van der Waals surface area contributed by atoms with Crippen LogP contribution in [-0.2, 0) is 14.4 Å². The summed E-state index contributed by atoms with van der Waals surface area (Å²) in [5.41, 5.74) is 0.473. The molecule has 1 atom stereocenters. The van der Waals surface area contributed by atoms with Crippen molar-refractivity contribution in [2.24, 2.45) is 0 Å². The number of barbiturate groups is 1. The second-order valence-corrected chi connectivity index (χ2v) is 6.54. The molecule has 1 aliphatic rings. The molecule has 2 aromatic rings. The summed E-state index contributed by atoms with van der Waals surface area (Å²) in [5, 5.41) is 11.3. The molecule has 8 nitrogen and oxygen atoms in total. The van der Waals surface area contributed by atoms with Crippen molar-refractivity contribution in [3.63, 3.8) is 0 Å². The van der Waals surface area contributed by atoms with Gasteiger partial charge in [0.2, 0.25) is 0 Å². The maximum Gasteiger partial charge on any atom is 0.344 e. The van der Waals surface area contributed by atoms with Crippen LogP contribution in [0.2, 0.25) is 5.02 Å². The number of imide groups is 2. The van der Waals surface area contributed by atoms with E-state index in [0.29, 0.717) is 16.3 Å². The molecule has 0 saturated carbocycles. The number of benzene rings is 2. The molecule has 9 heteroatoms. The number of aliphatic carboxylic acids is 1. The fourth-order valence-electron chi connectivity index (χ4n) is 2.57. The molecule has 1 fully saturated rings. The molecular weight excluding hydrogens is 400 g/mol. The van der Waals surface area contributed by atoms with E-state index in [4.69, 9.17) is 21.4 Å². The molecule has 0 aromatic heterocycles. The van der Waals surface area contributed by atoms with E-state index in [1.54, 1.807) is 24.3 Å². The summed E-state index contributed by atoms with van der Waals surface area (Å²) < 4.78 is 5.23. The van der Waals surface area contributed by atoms with Crippen LogP contribution in [0.15, 0.2) is 54.1 Å². The van der Waals surface area contributed by atoms with Gasteiger partial charge in [-0.25, -0.2) is 14.5 Å². The minimum atomic E-state index is -1.11. The van der Waals surface area contributed by atoms with Crippen molar-refractivity contribution < 1.29 is 29.0 Å². The van der Waals surface area contributed by atoms with E-state index in [0.717, 1.165) is 4.90 Å². The van der Waals surface area contributed by atoms with Gasteiger partial charge in [-0.15, -0.1) is 0 Å². The fraction of sp³-hybridized carbons (Fsp3) is 0.100. The van der Waals surface area contributed by atoms with E-state index in [-0.39, 0.29) is 11.3 Å². The summed E-state index contributed by atoms with van der Waals surface area (Å²) >= 11 is 5.92. The van der Waals surface area contributed by atoms with E-state index in [9.17, 15) is 19.2 Å². The van der Waals surface area contributed by atoms with Crippen LogP contribution in [-0.4, -0.2) is 35.0 Å². The van der Waals surface area contributed by atoms with Gasteiger partial charge in [-0.1, -0.05) is 29.8 Å². The molecule has 0 bridgehead atoms. The summed E-state index contributed by atoms with van der Waals surface area (Å²) in [6.45, 7) is 1.39. The number of hydrogen-bond acceptors (Lipinski definition) is 5. The number of urea groups is 1. The largest absolute Gasteiger partial charge is 0.479 e. The second-order valence-electron chi connectivity index (χ2n) is 6.11. The molecule has 148 valence electrons. The highest BCUT2D eigenvalue weighted by Gasteiger charge is 2.36. The van der Waals surface area contributed by atoms with Crippen LogP contribution in [0.5, 0.6) is 5.75 Å². The van der Waals surface area contributed by atoms with E-state index >= 15 is 0 Å². The number of nitrogens with zero attached hydrogens (tertiary/aromatic N) is 1. The quantitative estimate of drug-likeness (QED) is 0.574. The van der Waals surface area contributed by atoms with Crippen LogP contribution in [0.3, 0.4) is 0 Å². The molecule has 3 rings (SSSR count). The van der Waals surface area contributed by atoms with Crippen molar-refractivity contribution in [2.75, 3.05) is 4.90 Å². The molecule has 0 aliphatic carbocycles. The average Bonchev–Trinajstić information content (AvgIpc) is 2.66. The first-order valence-electron chi connectivity index (χ1n) is 8.43. The van der Waals surface area contributed by atoms with E-state index in [1.165, 1.54) is 37.3 Å². The number of amides is 4. The van der Waals surface area contributed by atoms with E-state index < -0.39 is 29.9 Å². The van der Waals surface area contributed by atoms with Crippen molar-refractivity contribution in [3.8, 4) is 5.75 Å². The number of carbonyl (C=O) groups is 4. The van der Waals surface area contributed by atoms with Crippen LogP contribution in [0.1, 0.15) is 12.5 Å². The molecule has 0 spiro atoms. The summed E-state index contributed by atoms with van der Waals surface area (Å²) in [7, 11) is 0.